The summed E-state index contributed by atoms with van der Waals surface area (Å²) < 4.78 is 13.3. The molecule has 0 aliphatic heterocycles. The van der Waals surface area contributed by atoms with E-state index < -0.39 is 11.9 Å². The summed E-state index contributed by atoms with van der Waals surface area (Å²) in [6, 6.07) is 4.14. The first-order valence-corrected chi connectivity index (χ1v) is 4.33. The summed E-state index contributed by atoms with van der Waals surface area (Å²) in [7, 11) is 0. The van der Waals surface area contributed by atoms with Gasteiger partial charge in [-0.25, -0.2) is 4.39 Å². The minimum atomic E-state index is -0.578. The zero-order valence-corrected chi connectivity index (χ0v) is 8.17. The van der Waals surface area contributed by atoms with Gasteiger partial charge in [0.1, 0.15) is 11.9 Å². The van der Waals surface area contributed by atoms with Gasteiger partial charge in [-0.1, -0.05) is 12.1 Å². The fourth-order valence-corrected chi connectivity index (χ4v) is 1.10. The van der Waals surface area contributed by atoms with Crippen molar-refractivity contribution in [1.82, 2.24) is 0 Å². The number of benzene rings is 1. The molecule has 1 unspecified atom stereocenters. The maximum absolute atomic E-state index is 13.3. The summed E-state index contributed by atoms with van der Waals surface area (Å²) in [6.07, 6.45) is 0. The number of anilines is 1. The molecule has 0 saturated heterocycles. The van der Waals surface area contributed by atoms with Crippen LogP contribution in [0, 0.1) is 12.7 Å². The second kappa shape index (κ2) is 4.09. The van der Waals surface area contributed by atoms with Gasteiger partial charge < -0.3 is 11.1 Å². The number of aryl methyl sites for hydroxylation is 1. The molecule has 0 aromatic heterocycles. The molecule has 0 bridgehead atoms. The molecule has 0 saturated carbocycles. The van der Waals surface area contributed by atoms with Crippen molar-refractivity contribution >= 4 is 11.6 Å². The van der Waals surface area contributed by atoms with Gasteiger partial charge in [0, 0.05) is 0 Å². The van der Waals surface area contributed by atoms with Crippen molar-refractivity contribution in [3.05, 3.63) is 29.6 Å². The van der Waals surface area contributed by atoms with Crippen LogP contribution in [-0.2, 0) is 4.79 Å². The molecule has 0 radical (unpaired) electrons. The molecular weight excluding hydrogens is 183 g/mol. The number of primary amides is 1. The third-order valence-corrected chi connectivity index (χ3v) is 2.01. The summed E-state index contributed by atoms with van der Waals surface area (Å²) in [5.41, 5.74) is 6.14. The molecule has 1 amide bonds. The van der Waals surface area contributed by atoms with Crippen LogP contribution < -0.4 is 11.1 Å². The number of para-hydroxylation sites is 1. The van der Waals surface area contributed by atoms with Crippen molar-refractivity contribution in [2.45, 2.75) is 19.9 Å². The monoisotopic (exact) mass is 196 g/mol. The van der Waals surface area contributed by atoms with Crippen molar-refractivity contribution in [3.63, 3.8) is 0 Å². The Morgan fingerprint density at radius 3 is 2.71 bits per heavy atom. The largest absolute Gasteiger partial charge is 0.371 e. The van der Waals surface area contributed by atoms with Crippen LogP contribution in [0.5, 0.6) is 0 Å². The van der Waals surface area contributed by atoms with Crippen LogP contribution in [0.3, 0.4) is 0 Å². The van der Waals surface area contributed by atoms with Crippen molar-refractivity contribution in [2.75, 3.05) is 5.32 Å². The Bertz CT molecular complexity index is 332. The molecule has 14 heavy (non-hydrogen) atoms. The van der Waals surface area contributed by atoms with E-state index in [1.165, 1.54) is 6.07 Å². The molecule has 0 heterocycles. The smallest absolute Gasteiger partial charge is 0.239 e. The lowest BCUT2D eigenvalue weighted by molar-refractivity contribution is -0.118. The topological polar surface area (TPSA) is 55.1 Å². The van der Waals surface area contributed by atoms with Crippen LogP contribution in [0.2, 0.25) is 0 Å². The highest BCUT2D eigenvalue weighted by molar-refractivity contribution is 5.82. The highest BCUT2D eigenvalue weighted by Gasteiger charge is 2.12. The summed E-state index contributed by atoms with van der Waals surface area (Å²) in [4.78, 5) is 10.8. The lowest BCUT2D eigenvalue weighted by atomic mass is 10.1. The van der Waals surface area contributed by atoms with Crippen LogP contribution in [0.1, 0.15) is 12.5 Å². The Hall–Kier alpha value is -1.58. The summed E-state index contributed by atoms with van der Waals surface area (Å²) in [5.74, 6) is -0.884. The van der Waals surface area contributed by atoms with E-state index in [9.17, 15) is 9.18 Å². The third-order valence-electron chi connectivity index (χ3n) is 2.01. The van der Waals surface area contributed by atoms with Gasteiger partial charge >= 0.3 is 0 Å². The van der Waals surface area contributed by atoms with Crippen molar-refractivity contribution in [2.24, 2.45) is 5.73 Å². The number of hydrogen-bond donors (Lipinski definition) is 2. The molecule has 0 aliphatic rings. The molecule has 3 N–H and O–H groups in total. The lowest BCUT2D eigenvalue weighted by Crippen LogP contribution is -2.33. The highest BCUT2D eigenvalue weighted by Crippen LogP contribution is 2.19. The SMILES string of the molecule is Cc1cccc(F)c1NC(C)C(N)=O. The number of carbonyl (C=O) groups is 1. The second-order valence-corrected chi connectivity index (χ2v) is 3.20. The minimum absolute atomic E-state index is 0.332. The van der Waals surface area contributed by atoms with E-state index in [1.807, 2.05) is 0 Å². The number of rotatable bonds is 3. The molecule has 0 fully saturated rings. The first-order valence-electron chi connectivity index (χ1n) is 4.33. The fourth-order valence-electron chi connectivity index (χ4n) is 1.10. The molecule has 1 aromatic carbocycles. The molecule has 0 spiro atoms. The van der Waals surface area contributed by atoms with E-state index >= 15 is 0 Å². The Labute approximate surface area is 82.1 Å². The van der Waals surface area contributed by atoms with Crippen molar-refractivity contribution in [3.8, 4) is 0 Å². The van der Waals surface area contributed by atoms with E-state index in [0.717, 1.165) is 5.56 Å². The molecule has 1 atom stereocenters. The van der Waals surface area contributed by atoms with E-state index in [0.29, 0.717) is 5.69 Å². The van der Waals surface area contributed by atoms with Crippen molar-refractivity contribution < 1.29 is 9.18 Å². The predicted molar refractivity (Wildman–Crippen MR) is 53.4 cm³/mol. The maximum Gasteiger partial charge on any atom is 0.239 e. The molecule has 0 aliphatic carbocycles. The van der Waals surface area contributed by atoms with Crippen LogP contribution in [0.25, 0.3) is 0 Å². The Morgan fingerprint density at radius 1 is 1.57 bits per heavy atom. The van der Waals surface area contributed by atoms with Crippen LogP contribution >= 0.6 is 0 Å². The van der Waals surface area contributed by atoms with Crippen molar-refractivity contribution in [1.29, 1.82) is 0 Å². The Balaban J connectivity index is 2.91. The molecule has 1 rings (SSSR count). The van der Waals surface area contributed by atoms with Gasteiger partial charge in [0.05, 0.1) is 5.69 Å². The van der Waals surface area contributed by atoms with E-state index in [4.69, 9.17) is 5.73 Å². The van der Waals surface area contributed by atoms with Gasteiger partial charge in [0.15, 0.2) is 0 Å². The van der Waals surface area contributed by atoms with Gasteiger partial charge in [-0.05, 0) is 25.5 Å². The minimum Gasteiger partial charge on any atom is -0.371 e. The van der Waals surface area contributed by atoms with E-state index in [-0.39, 0.29) is 5.82 Å². The standard InChI is InChI=1S/C10H13FN2O/c1-6-4-3-5-8(11)9(6)13-7(2)10(12)14/h3-5,7,13H,1-2H3,(H2,12,14). The number of hydrogen-bond acceptors (Lipinski definition) is 2. The lowest BCUT2D eigenvalue weighted by Gasteiger charge is -2.14. The zero-order chi connectivity index (χ0) is 10.7. The molecule has 3 nitrogen and oxygen atoms in total. The third kappa shape index (κ3) is 2.22. The number of nitrogens with one attached hydrogen (secondary N) is 1. The molecule has 1 aromatic rings. The van der Waals surface area contributed by atoms with Gasteiger partial charge in [0.2, 0.25) is 5.91 Å². The molecule has 76 valence electrons. The summed E-state index contributed by atoms with van der Waals surface area (Å²) in [5, 5.41) is 2.73. The molecular formula is C10H13FN2O. The van der Waals surface area contributed by atoms with Crippen LogP contribution in [0.15, 0.2) is 18.2 Å². The normalized spacial score (nSPS) is 12.2. The number of amides is 1. The predicted octanol–water partition coefficient (Wildman–Crippen LogP) is 1.42. The fraction of sp³-hybridized carbons (Fsp3) is 0.300. The Morgan fingerprint density at radius 2 is 2.21 bits per heavy atom. The van der Waals surface area contributed by atoms with E-state index in [1.54, 1.807) is 26.0 Å². The maximum atomic E-state index is 13.3. The number of nitrogens with two attached hydrogens (primary N) is 1. The van der Waals surface area contributed by atoms with Gasteiger partial charge in [0.25, 0.3) is 0 Å². The highest BCUT2D eigenvalue weighted by atomic mass is 19.1. The first-order chi connectivity index (χ1) is 6.52. The number of halogens is 1. The quantitative estimate of drug-likeness (QED) is 0.768. The number of carbonyl (C=O) groups excluding carboxylic acids is 1. The summed E-state index contributed by atoms with van der Waals surface area (Å²) >= 11 is 0. The average molecular weight is 196 g/mol. The average Bonchev–Trinajstić information content (AvgIpc) is 2.11. The second-order valence-electron chi connectivity index (χ2n) is 3.20. The van der Waals surface area contributed by atoms with Crippen LogP contribution in [-0.4, -0.2) is 11.9 Å². The molecule has 4 heteroatoms. The Kier molecular flexibility index (Phi) is 3.06. The first kappa shape index (κ1) is 10.5. The zero-order valence-electron chi connectivity index (χ0n) is 8.17. The van der Waals surface area contributed by atoms with Crippen LogP contribution in [0.4, 0.5) is 10.1 Å². The van der Waals surface area contributed by atoms with E-state index in [2.05, 4.69) is 5.32 Å². The summed E-state index contributed by atoms with van der Waals surface area (Å²) in [6.45, 7) is 3.35. The van der Waals surface area contributed by atoms with Gasteiger partial charge in [-0.3, -0.25) is 4.79 Å². The van der Waals surface area contributed by atoms with Gasteiger partial charge in [-0.15, -0.1) is 0 Å². The van der Waals surface area contributed by atoms with Gasteiger partial charge in [-0.2, -0.15) is 0 Å².